The number of nitrogens with two attached hydrogens (primary N) is 1. The van der Waals surface area contributed by atoms with Gasteiger partial charge in [-0.2, -0.15) is 0 Å². The van der Waals surface area contributed by atoms with Crippen LogP contribution in [0.2, 0.25) is 0 Å². The maximum Gasteiger partial charge on any atom is 0.0149 e. The molecule has 0 radical (unpaired) electrons. The molecule has 0 amide bonds. The summed E-state index contributed by atoms with van der Waals surface area (Å²) in [4.78, 5) is 0. The summed E-state index contributed by atoms with van der Waals surface area (Å²) >= 11 is 0. The van der Waals surface area contributed by atoms with E-state index in [1.54, 1.807) is 0 Å². The van der Waals surface area contributed by atoms with Crippen LogP contribution in [0.5, 0.6) is 0 Å². The standard InChI is InChI=1S/C11H25N/c1-9(2)11(6,12)8-7-10(3,4)5/h9H,7-8,12H2,1-6H3. The predicted octanol–water partition coefficient (Wildman–Crippen LogP) is 3.19. The van der Waals surface area contributed by atoms with Crippen molar-refractivity contribution in [3.05, 3.63) is 0 Å². The maximum absolute atomic E-state index is 6.17. The normalized spacial score (nSPS) is 18.0. The molecule has 0 spiro atoms. The van der Waals surface area contributed by atoms with Gasteiger partial charge < -0.3 is 5.73 Å². The third-order valence-electron chi connectivity index (χ3n) is 2.73. The van der Waals surface area contributed by atoms with E-state index < -0.39 is 0 Å². The minimum atomic E-state index is 0.00722. The number of hydrogen-bond donors (Lipinski definition) is 1. The van der Waals surface area contributed by atoms with Crippen LogP contribution in [-0.4, -0.2) is 5.54 Å². The highest BCUT2D eigenvalue weighted by molar-refractivity contribution is 4.83. The van der Waals surface area contributed by atoms with Crippen molar-refractivity contribution in [1.29, 1.82) is 0 Å². The summed E-state index contributed by atoms with van der Waals surface area (Å²) in [6.45, 7) is 13.4. The Labute approximate surface area is 77.7 Å². The van der Waals surface area contributed by atoms with Gasteiger partial charge in [-0.1, -0.05) is 34.6 Å². The fourth-order valence-electron chi connectivity index (χ4n) is 0.933. The smallest absolute Gasteiger partial charge is 0.0149 e. The van der Waals surface area contributed by atoms with E-state index in [-0.39, 0.29) is 5.54 Å². The van der Waals surface area contributed by atoms with Crippen LogP contribution < -0.4 is 5.73 Å². The molecule has 1 unspecified atom stereocenters. The summed E-state index contributed by atoms with van der Waals surface area (Å²) in [5.41, 5.74) is 6.59. The van der Waals surface area contributed by atoms with E-state index >= 15 is 0 Å². The third kappa shape index (κ3) is 4.76. The zero-order chi connectivity index (χ0) is 9.99. The molecule has 0 aromatic carbocycles. The molecule has 0 heterocycles. The van der Waals surface area contributed by atoms with E-state index in [9.17, 15) is 0 Å². The molecule has 0 aliphatic carbocycles. The summed E-state index contributed by atoms with van der Waals surface area (Å²) in [5, 5.41) is 0. The Bertz CT molecular complexity index is 128. The van der Waals surface area contributed by atoms with Gasteiger partial charge in [0.15, 0.2) is 0 Å². The van der Waals surface area contributed by atoms with Crippen molar-refractivity contribution >= 4 is 0 Å². The Morgan fingerprint density at radius 1 is 1.00 bits per heavy atom. The molecular formula is C11H25N. The van der Waals surface area contributed by atoms with E-state index in [4.69, 9.17) is 5.73 Å². The fraction of sp³-hybridized carbons (Fsp3) is 1.00. The van der Waals surface area contributed by atoms with Gasteiger partial charge in [0.25, 0.3) is 0 Å². The molecule has 1 atom stereocenters. The Hall–Kier alpha value is -0.0400. The lowest BCUT2D eigenvalue weighted by atomic mass is 9.79. The Morgan fingerprint density at radius 3 is 1.67 bits per heavy atom. The van der Waals surface area contributed by atoms with E-state index in [1.807, 2.05) is 0 Å². The summed E-state index contributed by atoms with van der Waals surface area (Å²) in [6.07, 6.45) is 2.33. The van der Waals surface area contributed by atoms with E-state index in [0.29, 0.717) is 11.3 Å². The summed E-state index contributed by atoms with van der Waals surface area (Å²) in [7, 11) is 0. The van der Waals surface area contributed by atoms with Crippen LogP contribution in [0.1, 0.15) is 54.4 Å². The van der Waals surface area contributed by atoms with Crippen molar-refractivity contribution in [2.45, 2.75) is 59.9 Å². The van der Waals surface area contributed by atoms with E-state index in [1.165, 1.54) is 6.42 Å². The molecule has 0 rings (SSSR count). The molecular weight excluding hydrogens is 146 g/mol. The quantitative estimate of drug-likeness (QED) is 0.693. The molecule has 74 valence electrons. The monoisotopic (exact) mass is 171 g/mol. The summed E-state index contributed by atoms with van der Waals surface area (Å²) in [6, 6.07) is 0. The molecule has 0 bridgehead atoms. The Balaban J connectivity index is 3.93. The molecule has 0 aliphatic heterocycles. The van der Waals surface area contributed by atoms with Gasteiger partial charge in [0.2, 0.25) is 0 Å². The highest BCUT2D eigenvalue weighted by Crippen LogP contribution is 2.27. The SMILES string of the molecule is CC(C)C(C)(N)CCC(C)(C)C. The van der Waals surface area contributed by atoms with Crippen molar-refractivity contribution in [2.75, 3.05) is 0 Å². The van der Waals surface area contributed by atoms with Crippen LogP contribution in [0.25, 0.3) is 0 Å². The second-order valence-corrected chi connectivity index (χ2v) is 5.72. The average Bonchev–Trinajstić information content (AvgIpc) is 1.82. The average molecular weight is 171 g/mol. The number of hydrogen-bond acceptors (Lipinski definition) is 1. The molecule has 0 saturated carbocycles. The van der Waals surface area contributed by atoms with Crippen LogP contribution >= 0.6 is 0 Å². The van der Waals surface area contributed by atoms with Gasteiger partial charge in [-0.05, 0) is 31.1 Å². The first-order chi connectivity index (χ1) is 5.15. The zero-order valence-electron chi connectivity index (χ0n) is 9.57. The summed E-state index contributed by atoms with van der Waals surface area (Å²) < 4.78 is 0. The lowest BCUT2D eigenvalue weighted by Gasteiger charge is -2.32. The first-order valence-corrected chi connectivity index (χ1v) is 4.94. The van der Waals surface area contributed by atoms with Crippen molar-refractivity contribution in [2.24, 2.45) is 17.1 Å². The van der Waals surface area contributed by atoms with Crippen molar-refractivity contribution in [1.82, 2.24) is 0 Å². The topological polar surface area (TPSA) is 26.0 Å². The molecule has 0 saturated heterocycles. The highest BCUT2D eigenvalue weighted by atomic mass is 14.7. The van der Waals surface area contributed by atoms with Crippen LogP contribution in [0, 0.1) is 11.3 Å². The van der Waals surface area contributed by atoms with Gasteiger partial charge in [-0.15, -0.1) is 0 Å². The zero-order valence-corrected chi connectivity index (χ0v) is 9.57. The molecule has 12 heavy (non-hydrogen) atoms. The Morgan fingerprint density at radius 2 is 1.42 bits per heavy atom. The highest BCUT2D eigenvalue weighted by Gasteiger charge is 2.24. The van der Waals surface area contributed by atoms with Crippen LogP contribution in [0.3, 0.4) is 0 Å². The van der Waals surface area contributed by atoms with Gasteiger partial charge in [-0.3, -0.25) is 0 Å². The largest absolute Gasteiger partial charge is 0.325 e. The molecule has 0 aliphatic rings. The second-order valence-electron chi connectivity index (χ2n) is 5.72. The molecule has 0 aromatic rings. The molecule has 1 nitrogen and oxygen atoms in total. The molecule has 0 fully saturated rings. The van der Waals surface area contributed by atoms with Crippen molar-refractivity contribution in [3.63, 3.8) is 0 Å². The van der Waals surface area contributed by atoms with E-state index in [0.717, 1.165) is 6.42 Å². The second kappa shape index (κ2) is 3.78. The minimum absolute atomic E-state index is 0.00722. The lowest BCUT2D eigenvalue weighted by Crippen LogP contribution is -2.42. The predicted molar refractivity (Wildman–Crippen MR) is 56.1 cm³/mol. The van der Waals surface area contributed by atoms with E-state index in [2.05, 4.69) is 41.5 Å². The van der Waals surface area contributed by atoms with Crippen LogP contribution in [0.15, 0.2) is 0 Å². The third-order valence-corrected chi connectivity index (χ3v) is 2.73. The first-order valence-electron chi connectivity index (χ1n) is 4.94. The van der Waals surface area contributed by atoms with Crippen LogP contribution in [-0.2, 0) is 0 Å². The van der Waals surface area contributed by atoms with Crippen molar-refractivity contribution in [3.8, 4) is 0 Å². The Kier molecular flexibility index (Phi) is 3.77. The van der Waals surface area contributed by atoms with Crippen LogP contribution in [0.4, 0.5) is 0 Å². The number of rotatable bonds is 3. The fourth-order valence-corrected chi connectivity index (χ4v) is 0.933. The van der Waals surface area contributed by atoms with Gasteiger partial charge >= 0.3 is 0 Å². The van der Waals surface area contributed by atoms with Gasteiger partial charge in [0, 0.05) is 5.54 Å². The lowest BCUT2D eigenvalue weighted by molar-refractivity contribution is 0.254. The summed E-state index contributed by atoms with van der Waals surface area (Å²) in [5.74, 6) is 0.569. The van der Waals surface area contributed by atoms with Gasteiger partial charge in [0.05, 0.1) is 0 Å². The van der Waals surface area contributed by atoms with Gasteiger partial charge in [0.1, 0.15) is 0 Å². The van der Waals surface area contributed by atoms with Gasteiger partial charge in [-0.25, -0.2) is 0 Å². The van der Waals surface area contributed by atoms with Crippen molar-refractivity contribution < 1.29 is 0 Å². The molecule has 0 aromatic heterocycles. The first kappa shape index (κ1) is 12.0. The maximum atomic E-state index is 6.17. The minimum Gasteiger partial charge on any atom is -0.325 e. The molecule has 1 heteroatoms. The molecule has 2 N–H and O–H groups in total.